The van der Waals surface area contributed by atoms with Crippen molar-refractivity contribution in [1.29, 1.82) is 0 Å². The molecule has 1 aliphatic heterocycles. The summed E-state index contributed by atoms with van der Waals surface area (Å²) in [6, 6.07) is 6.31. The van der Waals surface area contributed by atoms with Gasteiger partial charge in [0.15, 0.2) is 0 Å². The second-order valence-electron chi connectivity index (χ2n) is 4.48. The fraction of sp³-hybridized carbons (Fsp3) is 0.538. The van der Waals surface area contributed by atoms with Gasteiger partial charge in [-0.25, -0.2) is 0 Å². The Balaban J connectivity index is 2.08. The number of benzene rings is 1. The lowest BCUT2D eigenvalue weighted by Gasteiger charge is -2.19. The van der Waals surface area contributed by atoms with E-state index in [1.54, 1.807) is 7.11 Å². The number of nitrogens with one attached hydrogen (secondary N) is 1. The molecular formula is C13H19BrN2O. The molecule has 1 saturated heterocycles. The van der Waals surface area contributed by atoms with Crippen LogP contribution in [0.15, 0.2) is 22.7 Å². The Morgan fingerprint density at radius 1 is 1.53 bits per heavy atom. The van der Waals surface area contributed by atoms with Gasteiger partial charge >= 0.3 is 0 Å². The molecule has 1 atom stereocenters. The highest BCUT2D eigenvalue weighted by Crippen LogP contribution is 2.31. The summed E-state index contributed by atoms with van der Waals surface area (Å²) in [6.07, 6.45) is 1.26. The Morgan fingerprint density at radius 2 is 2.35 bits per heavy atom. The van der Waals surface area contributed by atoms with E-state index in [4.69, 9.17) is 4.74 Å². The number of hydrogen-bond acceptors (Lipinski definition) is 3. The number of nitrogens with zero attached hydrogens (tertiary/aromatic N) is 1. The summed E-state index contributed by atoms with van der Waals surface area (Å²) < 4.78 is 6.34. The molecule has 0 saturated carbocycles. The standard InChI is InChI=1S/C13H19BrN2O/c1-15-8-10-5-6-16(9-10)11-3-4-12(14)13(7-11)17-2/h3-4,7,10,15H,5-6,8-9H2,1-2H3. The van der Waals surface area contributed by atoms with Crippen LogP contribution < -0.4 is 15.0 Å². The van der Waals surface area contributed by atoms with E-state index in [1.807, 2.05) is 7.05 Å². The van der Waals surface area contributed by atoms with Crippen molar-refractivity contribution in [3.05, 3.63) is 22.7 Å². The van der Waals surface area contributed by atoms with Crippen LogP contribution in [0.25, 0.3) is 0 Å². The molecule has 17 heavy (non-hydrogen) atoms. The molecule has 1 fully saturated rings. The molecule has 3 nitrogen and oxygen atoms in total. The fourth-order valence-corrected chi connectivity index (χ4v) is 2.78. The maximum atomic E-state index is 5.33. The van der Waals surface area contributed by atoms with Crippen molar-refractivity contribution in [2.45, 2.75) is 6.42 Å². The molecule has 1 heterocycles. The number of halogens is 1. The van der Waals surface area contributed by atoms with Crippen LogP contribution in [0.1, 0.15) is 6.42 Å². The van der Waals surface area contributed by atoms with Crippen LogP contribution in [0.2, 0.25) is 0 Å². The number of methoxy groups -OCH3 is 1. The molecule has 4 heteroatoms. The van der Waals surface area contributed by atoms with E-state index >= 15 is 0 Å². The lowest BCUT2D eigenvalue weighted by molar-refractivity contribution is 0.412. The lowest BCUT2D eigenvalue weighted by Crippen LogP contribution is -2.24. The van der Waals surface area contributed by atoms with E-state index in [-0.39, 0.29) is 0 Å². The summed E-state index contributed by atoms with van der Waals surface area (Å²) in [7, 11) is 3.73. The van der Waals surface area contributed by atoms with Gasteiger partial charge in [0.25, 0.3) is 0 Å². The first-order chi connectivity index (χ1) is 8.24. The first-order valence-electron chi connectivity index (χ1n) is 5.97. The average Bonchev–Trinajstić information content (AvgIpc) is 2.79. The lowest BCUT2D eigenvalue weighted by atomic mass is 10.1. The van der Waals surface area contributed by atoms with Crippen LogP contribution in [-0.2, 0) is 0 Å². The summed E-state index contributed by atoms with van der Waals surface area (Å²) >= 11 is 3.48. The summed E-state index contributed by atoms with van der Waals surface area (Å²) in [6.45, 7) is 3.37. The first-order valence-corrected chi connectivity index (χ1v) is 6.77. The fourth-order valence-electron chi connectivity index (χ4n) is 2.37. The number of anilines is 1. The van der Waals surface area contributed by atoms with Gasteiger partial charge < -0.3 is 15.0 Å². The smallest absolute Gasteiger partial charge is 0.135 e. The largest absolute Gasteiger partial charge is 0.495 e. The predicted octanol–water partition coefficient (Wildman–Crippen LogP) is 2.50. The highest BCUT2D eigenvalue weighted by Gasteiger charge is 2.22. The van der Waals surface area contributed by atoms with Gasteiger partial charge in [0.05, 0.1) is 11.6 Å². The Bertz CT molecular complexity index is 384. The highest BCUT2D eigenvalue weighted by atomic mass is 79.9. The number of hydrogen-bond donors (Lipinski definition) is 1. The number of ether oxygens (including phenoxy) is 1. The molecule has 0 aliphatic carbocycles. The van der Waals surface area contributed by atoms with Crippen molar-refractivity contribution < 1.29 is 4.74 Å². The van der Waals surface area contributed by atoms with E-state index < -0.39 is 0 Å². The van der Waals surface area contributed by atoms with E-state index in [9.17, 15) is 0 Å². The van der Waals surface area contributed by atoms with Gasteiger partial charge in [-0.15, -0.1) is 0 Å². The van der Waals surface area contributed by atoms with Crippen molar-refractivity contribution in [2.75, 3.05) is 38.7 Å². The predicted molar refractivity (Wildman–Crippen MR) is 74.9 cm³/mol. The topological polar surface area (TPSA) is 24.5 Å². The zero-order chi connectivity index (χ0) is 12.3. The molecule has 1 aromatic rings. The Kier molecular flexibility index (Phi) is 4.29. The second kappa shape index (κ2) is 5.74. The molecule has 0 spiro atoms. The summed E-state index contributed by atoms with van der Waals surface area (Å²) in [4.78, 5) is 2.43. The molecular weight excluding hydrogens is 280 g/mol. The zero-order valence-corrected chi connectivity index (χ0v) is 12.0. The number of rotatable bonds is 4. The molecule has 94 valence electrons. The van der Waals surface area contributed by atoms with Gasteiger partial charge in [0.2, 0.25) is 0 Å². The normalized spacial score (nSPS) is 19.7. The molecule has 1 unspecified atom stereocenters. The third-order valence-corrected chi connectivity index (χ3v) is 3.93. The van der Waals surface area contributed by atoms with Crippen LogP contribution >= 0.6 is 15.9 Å². The van der Waals surface area contributed by atoms with Crippen molar-refractivity contribution in [2.24, 2.45) is 5.92 Å². The van der Waals surface area contributed by atoms with Gasteiger partial charge in [0, 0.05) is 24.8 Å². The Labute approximate surface area is 111 Å². The van der Waals surface area contributed by atoms with Gasteiger partial charge in [-0.2, -0.15) is 0 Å². The minimum Gasteiger partial charge on any atom is -0.495 e. The van der Waals surface area contributed by atoms with E-state index in [0.29, 0.717) is 0 Å². The van der Waals surface area contributed by atoms with Crippen LogP contribution in [-0.4, -0.2) is 33.8 Å². The molecule has 1 aromatic carbocycles. The second-order valence-corrected chi connectivity index (χ2v) is 5.33. The van der Waals surface area contributed by atoms with E-state index in [0.717, 1.165) is 35.8 Å². The van der Waals surface area contributed by atoms with Crippen molar-refractivity contribution >= 4 is 21.6 Å². The molecule has 0 aromatic heterocycles. The van der Waals surface area contributed by atoms with Crippen LogP contribution in [0.3, 0.4) is 0 Å². The summed E-state index contributed by atoms with van der Waals surface area (Å²) in [5.74, 6) is 1.66. The first kappa shape index (κ1) is 12.7. The molecule has 1 N–H and O–H groups in total. The highest BCUT2D eigenvalue weighted by molar-refractivity contribution is 9.10. The van der Waals surface area contributed by atoms with Crippen LogP contribution in [0.5, 0.6) is 5.75 Å². The minimum absolute atomic E-state index is 0.759. The minimum atomic E-state index is 0.759. The maximum Gasteiger partial charge on any atom is 0.135 e. The third kappa shape index (κ3) is 2.93. The molecule has 0 radical (unpaired) electrons. The van der Waals surface area contributed by atoms with Gasteiger partial charge in [0.1, 0.15) is 5.75 Å². The third-order valence-electron chi connectivity index (χ3n) is 3.28. The van der Waals surface area contributed by atoms with Crippen LogP contribution in [0, 0.1) is 5.92 Å². The van der Waals surface area contributed by atoms with Gasteiger partial charge in [-0.3, -0.25) is 0 Å². The van der Waals surface area contributed by atoms with Crippen molar-refractivity contribution in [3.63, 3.8) is 0 Å². The van der Waals surface area contributed by atoms with E-state index in [2.05, 4.69) is 44.3 Å². The quantitative estimate of drug-likeness (QED) is 0.924. The average molecular weight is 299 g/mol. The van der Waals surface area contributed by atoms with Crippen molar-refractivity contribution in [3.8, 4) is 5.75 Å². The summed E-state index contributed by atoms with van der Waals surface area (Å²) in [5.41, 5.74) is 1.25. The zero-order valence-electron chi connectivity index (χ0n) is 10.4. The van der Waals surface area contributed by atoms with Crippen LogP contribution in [0.4, 0.5) is 5.69 Å². The maximum absolute atomic E-state index is 5.33. The molecule has 0 bridgehead atoms. The van der Waals surface area contributed by atoms with Gasteiger partial charge in [-0.1, -0.05) is 0 Å². The van der Waals surface area contributed by atoms with E-state index in [1.165, 1.54) is 12.1 Å². The Hall–Kier alpha value is -0.740. The van der Waals surface area contributed by atoms with Gasteiger partial charge in [-0.05, 0) is 54.0 Å². The Morgan fingerprint density at radius 3 is 3.06 bits per heavy atom. The monoisotopic (exact) mass is 298 g/mol. The molecule has 0 amide bonds. The van der Waals surface area contributed by atoms with Crippen molar-refractivity contribution in [1.82, 2.24) is 5.32 Å². The molecule has 1 aliphatic rings. The SMILES string of the molecule is CNCC1CCN(c2ccc(Br)c(OC)c2)C1. The summed E-state index contributed by atoms with van der Waals surface area (Å²) in [5, 5.41) is 3.25. The molecule has 2 rings (SSSR count).